The number of esters is 1. The fraction of sp³-hybridized carbons (Fsp3) is 0.300. The van der Waals surface area contributed by atoms with Crippen molar-refractivity contribution in [2.45, 2.75) is 12.5 Å². The van der Waals surface area contributed by atoms with Crippen LogP contribution >= 0.6 is 0 Å². The molecule has 1 aromatic carbocycles. The first-order valence-electron chi connectivity index (χ1n) is 4.28. The Balaban J connectivity index is 2.81. The summed E-state index contributed by atoms with van der Waals surface area (Å²) in [6.07, 6.45) is -1.58. The molecule has 0 aliphatic carbocycles. The number of benzene rings is 1. The van der Waals surface area contributed by atoms with E-state index in [1.165, 1.54) is 12.1 Å². The fourth-order valence-corrected chi connectivity index (χ4v) is 1.15. The summed E-state index contributed by atoms with van der Waals surface area (Å²) in [5, 5.41) is 18.5. The zero-order valence-corrected chi connectivity index (χ0v) is 8.11. The van der Waals surface area contributed by atoms with Gasteiger partial charge in [-0.25, -0.2) is 9.18 Å². The van der Waals surface area contributed by atoms with Gasteiger partial charge >= 0.3 is 5.97 Å². The lowest BCUT2D eigenvalue weighted by atomic mass is 10.1. The van der Waals surface area contributed by atoms with Crippen LogP contribution in [0.15, 0.2) is 18.2 Å². The number of rotatable bonds is 3. The number of aliphatic hydroxyl groups excluding tert-OH is 1. The summed E-state index contributed by atoms with van der Waals surface area (Å²) in [5.41, 5.74) is 0.160. The maximum absolute atomic E-state index is 12.9. The first-order valence-corrected chi connectivity index (χ1v) is 4.28. The van der Waals surface area contributed by atoms with E-state index in [1.54, 1.807) is 0 Å². The second-order valence-corrected chi connectivity index (χ2v) is 2.99. The van der Waals surface area contributed by atoms with Crippen molar-refractivity contribution in [3.8, 4) is 5.75 Å². The molecule has 82 valence electrons. The molecule has 2 N–H and O–H groups in total. The SMILES string of the molecule is COC(=O)C(O)Cc1cccc(F)c1O. The van der Waals surface area contributed by atoms with Crippen LogP contribution in [-0.2, 0) is 16.0 Å². The van der Waals surface area contributed by atoms with Crippen LogP contribution in [0.5, 0.6) is 5.75 Å². The highest BCUT2D eigenvalue weighted by molar-refractivity contribution is 5.74. The van der Waals surface area contributed by atoms with Crippen molar-refractivity contribution in [2.75, 3.05) is 7.11 Å². The molecule has 1 atom stereocenters. The lowest BCUT2D eigenvalue weighted by Gasteiger charge is -2.09. The Labute approximate surface area is 85.9 Å². The Morgan fingerprint density at radius 3 is 2.87 bits per heavy atom. The predicted molar refractivity (Wildman–Crippen MR) is 49.8 cm³/mol. The molecule has 4 nitrogen and oxygen atoms in total. The number of hydrogen-bond donors (Lipinski definition) is 2. The summed E-state index contributed by atoms with van der Waals surface area (Å²) < 4.78 is 17.2. The third kappa shape index (κ3) is 2.66. The minimum absolute atomic E-state index is 0.160. The van der Waals surface area contributed by atoms with E-state index < -0.39 is 23.6 Å². The third-order valence-corrected chi connectivity index (χ3v) is 1.96. The van der Waals surface area contributed by atoms with Crippen molar-refractivity contribution in [1.82, 2.24) is 0 Å². The van der Waals surface area contributed by atoms with Crippen molar-refractivity contribution in [2.24, 2.45) is 0 Å². The molecule has 0 radical (unpaired) electrons. The average molecular weight is 214 g/mol. The molecule has 0 spiro atoms. The molecular formula is C10H11FO4. The molecule has 0 aliphatic heterocycles. The summed E-state index contributed by atoms with van der Waals surface area (Å²) in [6, 6.07) is 3.89. The van der Waals surface area contributed by atoms with Crippen molar-refractivity contribution in [3.05, 3.63) is 29.6 Å². The number of carbonyl (C=O) groups is 1. The van der Waals surface area contributed by atoms with Gasteiger partial charge in [0.25, 0.3) is 0 Å². The number of para-hydroxylation sites is 1. The highest BCUT2D eigenvalue weighted by Gasteiger charge is 2.18. The van der Waals surface area contributed by atoms with Gasteiger partial charge in [0.2, 0.25) is 0 Å². The maximum atomic E-state index is 12.9. The van der Waals surface area contributed by atoms with E-state index in [2.05, 4.69) is 4.74 Å². The van der Waals surface area contributed by atoms with E-state index in [9.17, 15) is 19.4 Å². The number of phenols is 1. The molecule has 0 heterocycles. The average Bonchev–Trinajstić information content (AvgIpc) is 2.23. The Morgan fingerprint density at radius 1 is 1.60 bits per heavy atom. The lowest BCUT2D eigenvalue weighted by molar-refractivity contribution is -0.150. The molecule has 15 heavy (non-hydrogen) atoms. The number of phenolic OH excluding ortho intramolecular Hbond substituents is 1. The van der Waals surface area contributed by atoms with Crippen LogP contribution in [0.25, 0.3) is 0 Å². The van der Waals surface area contributed by atoms with E-state index in [0.29, 0.717) is 0 Å². The zero-order valence-electron chi connectivity index (χ0n) is 8.11. The van der Waals surface area contributed by atoms with Crippen LogP contribution in [0, 0.1) is 5.82 Å². The molecule has 0 bridgehead atoms. The summed E-state index contributed by atoms with van der Waals surface area (Å²) in [7, 11) is 1.14. The second-order valence-electron chi connectivity index (χ2n) is 2.99. The van der Waals surface area contributed by atoms with Gasteiger partial charge in [-0.2, -0.15) is 0 Å². The van der Waals surface area contributed by atoms with Crippen molar-refractivity contribution in [3.63, 3.8) is 0 Å². The molecule has 1 rings (SSSR count). The van der Waals surface area contributed by atoms with Crippen LogP contribution in [0.4, 0.5) is 4.39 Å². The molecule has 5 heteroatoms. The summed E-state index contributed by atoms with van der Waals surface area (Å²) in [6.45, 7) is 0. The minimum Gasteiger partial charge on any atom is -0.505 e. The van der Waals surface area contributed by atoms with Gasteiger partial charge in [0, 0.05) is 12.0 Å². The van der Waals surface area contributed by atoms with E-state index in [4.69, 9.17) is 0 Å². The van der Waals surface area contributed by atoms with Gasteiger partial charge in [-0.05, 0) is 6.07 Å². The van der Waals surface area contributed by atoms with Gasteiger partial charge in [0.05, 0.1) is 7.11 Å². The highest BCUT2D eigenvalue weighted by Crippen LogP contribution is 2.22. The molecule has 0 saturated carbocycles. The number of aromatic hydroxyl groups is 1. The van der Waals surface area contributed by atoms with Crippen LogP contribution in [-0.4, -0.2) is 29.4 Å². The monoisotopic (exact) mass is 214 g/mol. The molecule has 0 aliphatic rings. The van der Waals surface area contributed by atoms with Gasteiger partial charge in [-0.15, -0.1) is 0 Å². The normalized spacial score (nSPS) is 12.2. The first-order chi connectivity index (χ1) is 7.06. The third-order valence-electron chi connectivity index (χ3n) is 1.96. The van der Waals surface area contributed by atoms with E-state index in [-0.39, 0.29) is 12.0 Å². The Bertz CT molecular complexity index is 364. The Kier molecular flexibility index (Phi) is 3.62. The summed E-state index contributed by atoms with van der Waals surface area (Å²) in [4.78, 5) is 10.9. The van der Waals surface area contributed by atoms with Gasteiger partial charge in [0.15, 0.2) is 17.7 Å². The first kappa shape index (κ1) is 11.5. The Hall–Kier alpha value is -1.62. The molecule has 0 aromatic heterocycles. The van der Waals surface area contributed by atoms with E-state index >= 15 is 0 Å². The van der Waals surface area contributed by atoms with Gasteiger partial charge < -0.3 is 14.9 Å². The second kappa shape index (κ2) is 4.75. The van der Waals surface area contributed by atoms with Gasteiger partial charge in [0.1, 0.15) is 0 Å². The molecule has 1 unspecified atom stereocenters. The van der Waals surface area contributed by atoms with Crippen LogP contribution in [0.1, 0.15) is 5.56 Å². The van der Waals surface area contributed by atoms with Crippen LogP contribution in [0.3, 0.4) is 0 Å². The fourth-order valence-electron chi connectivity index (χ4n) is 1.15. The van der Waals surface area contributed by atoms with Gasteiger partial charge in [-0.1, -0.05) is 12.1 Å². The number of hydrogen-bond acceptors (Lipinski definition) is 4. The van der Waals surface area contributed by atoms with Gasteiger partial charge in [-0.3, -0.25) is 0 Å². The minimum atomic E-state index is -1.40. The molecule has 0 fully saturated rings. The molecule has 0 saturated heterocycles. The highest BCUT2D eigenvalue weighted by atomic mass is 19.1. The quantitative estimate of drug-likeness (QED) is 0.723. The van der Waals surface area contributed by atoms with E-state index in [1.807, 2.05) is 0 Å². The number of methoxy groups -OCH3 is 1. The number of aliphatic hydroxyl groups is 1. The van der Waals surface area contributed by atoms with Crippen molar-refractivity contribution in [1.29, 1.82) is 0 Å². The topological polar surface area (TPSA) is 66.8 Å². The summed E-state index contributed by atoms with van der Waals surface area (Å²) >= 11 is 0. The molecule has 1 aromatic rings. The van der Waals surface area contributed by atoms with Crippen LogP contribution in [0.2, 0.25) is 0 Å². The number of ether oxygens (including phenoxy) is 1. The van der Waals surface area contributed by atoms with Crippen LogP contribution < -0.4 is 0 Å². The largest absolute Gasteiger partial charge is 0.505 e. The summed E-state index contributed by atoms with van der Waals surface area (Å²) in [5.74, 6) is -2.16. The number of carbonyl (C=O) groups excluding carboxylic acids is 1. The molecule has 0 amide bonds. The van der Waals surface area contributed by atoms with Crippen molar-refractivity contribution < 1.29 is 24.1 Å². The smallest absolute Gasteiger partial charge is 0.335 e. The Morgan fingerprint density at radius 2 is 2.27 bits per heavy atom. The predicted octanol–water partition coefficient (Wildman–Crippen LogP) is 0.608. The lowest BCUT2D eigenvalue weighted by Crippen LogP contribution is -2.24. The maximum Gasteiger partial charge on any atom is 0.335 e. The standard InChI is InChI=1S/C10H11FO4/c1-15-10(14)8(12)5-6-3-2-4-7(11)9(6)13/h2-4,8,12-13H,5H2,1H3. The molecular weight excluding hydrogens is 203 g/mol. The van der Waals surface area contributed by atoms with E-state index in [0.717, 1.165) is 13.2 Å². The zero-order chi connectivity index (χ0) is 11.4. The number of halogens is 1. The van der Waals surface area contributed by atoms with Crippen molar-refractivity contribution >= 4 is 5.97 Å².